The van der Waals surface area contributed by atoms with Crippen molar-refractivity contribution in [2.75, 3.05) is 39.3 Å². The van der Waals surface area contributed by atoms with Gasteiger partial charge in [0.15, 0.2) is 0 Å². The number of hydrogen-bond donors (Lipinski definition) is 0. The van der Waals surface area contributed by atoms with Gasteiger partial charge in [-0.15, -0.1) is 11.3 Å². The normalized spacial score (nSPS) is 25.5. The Labute approximate surface area is 135 Å². The van der Waals surface area contributed by atoms with Gasteiger partial charge in [-0.1, -0.05) is 0 Å². The van der Waals surface area contributed by atoms with E-state index >= 15 is 0 Å². The van der Waals surface area contributed by atoms with Crippen LogP contribution in [-0.2, 0) is 4.74 Å². The van der Waals surface area contributed by atoms with Crippen LogP contribution in [-0.4, -0.2) is 65.6 Å². The lowest BCUT2D eigenvalue weighted by molar-refractivity contribution is -0.127. The summed E-state index contributed by atoms with van der Waals surface area (Å²) in [5.74, 6) is 1.01. The van der Waals surface area contributed by atoms with Gasteiger partial charge in [-0.05, 0) is 31.6 Å². The fraction of sp³-hybridized carbons (Fsp3) is 0.750. The minimum absolute atomic E-state index is 0.0596. The highest BCUT2D eigenvalue weighted by Crippen LogP contribution is 2.34. The second kappa shape index (κ2) is 5.91. The average molecular weight is 321 g/mol. The molecule has 3 fully saturated rings. The Hall–Kier alpha value is -0.980. The molecule has 0 N–H and O–H groups in total. The monoisotopic (exact) mass is 321 g/mol. The Kier molecular flexibility index (Phi) is 3.92. The first-order valence-electron chi connectivity index (χ1n) is 8.28. The van der Waals surface area contributed by atoms with Crippen LogP contribution in [0.4, 0.5) is 0 Å². The summed E-state index contributed by atoms with van der Waals surface area (Å²) in [6.45, 7) is 5.53. The molecule has 0 aromatic carbocycles. The number of carbonyl (C=O) groups excluding carboxylic acids is 1. The largest absolute Gasteiger partial charge is 0.371 e. The molecule has 3 aliphatic rings. The smallest absolute Gasteiger partial charge is 0.273 e. The minimum atomic E-state index is -0.121. The van der Waals surface area contributed by atoms with Crippen molar-refractivity contribution in [1.29, 1.82) is 0 Å². The predicted octanol–water partition coefficient (Wildman–Crippen LogP) is 1.86. The lowest BCUT2D eigenvalue weighted by Gasteiger charge is -2.47. The van der Waals surface area contributed by atoms with E-state index in [4.69, 9.17) is 4.74 Å². The number of aromatic nitrogens is 1. The standard InChI is InChI=1S/C16H23N3O2S/c20-15(14-10-22-12-17-14)19-7-8-21-16(11-19)3-5-18(6-4-16)9-13-1-2-13/h10,12-13H,1-9,11H2. The molecule has 3 heterocycles. The molecule has 0 unspecified atom stereocenters. The lowest BCUT2D eigenvalue weighted by atomic mass is 9.89. The number of hydrogen-bond acceptors (Lipinski definition) is 5. The first-order valence-corrected chi connectivity index (χ1v) is 9.22. The van der Waals surface area contributed by atoms with E-state index < -0.39 is 0 Å². The SMILES string of the molecule is O=C(c1cscn1)N1CCOC2(CCN(CC3CC3)CC2)C1. The molecule has 6 heteroatoms. The second-order valence-corrected chi connectivity index (χ2v) is 7.59. The third kappa shape index (κ3) is 3.05. The quantitative estimate of drug-likeness (QED) is 0.852. The van der Waals surface area contributed by atoms with Gasteiger partial charge in [-0.25, -0.2) is 4.98 Å². The maximum atomic E-state index is 12.5. The van der Waals surface area contributed by atoms with Crippen LogP contribution in [0.5, 0.6) is 0 Å². The van der Waals surface area contributed by atoms with Crippen LogP contribution in [0.3, 0.4) is 0 Å². The zero-order chi connectivity index (χ0) is 15.0. The number of ether oxygens (including phenoxy) is 1. The van der Waals surface area contributed by atoms with Gasteiger partial charge in [-0.2, -0.15) is 0 Å². The molecule has 1 spiro atoms. The zero-order valence-electron chi connectivity index (χ0n) is 12.9. The summed E-state index contributed by atoms with van der Waals surface area (Å²) in [5.41, 5.74) is 2.18. The highest BCUT2D eigenvalue weighted by molar-refractivity contribution is 7.07. The summed E-state index contributed by atoms with van der Waals surface area (Å²) >= 11 is 1.47. The van der Waals surface area contributed by atoms with Crippen LogP contribution in [0.1, 0.15) is 36.2 Å². The Morgan fingerprint density at radius 2 is 2.18 bits per heavy atom. The summed E-state index contributed by atoms with van der Waals surface area (Å²) in [5, 5.41) is 1.84. The summed E-state index contributed by atoms with van der Waals surface area (Å²) in [6, 6.07) is 0. The number of amides is 1. The van der Waals surface area contributed by atoms with Crippen LogP contribution in [0.15, 0.2) is 10.9 Å². The van der Waals surface area contributed by atoms with E-state index in [0.29, 0.717) is 18.8 Å². The van der Waals surface area contributed by atoms with Gasteiger partial charge in [0.05, 0.1) is 24.3 Å². The second-order valence-electron chi connectivity index (χ2n) is 6.88. The van der Waals surface area contributed by atoms with Crippen molar-refractivity contribution in [3.05, 3.63) is 16.6 Å². The molecule has 2 saturated heterocycles. The summed E-state index contributed by atoms with van der Waals surface area (Å²) in [6.07, 6.45) is 4.91. The van der Waals surface area contributed by atoms with Gasteiger partial charge < -0.3 is 14.5 Å². The molecular formula is C16H23N3O2S. The van der Waals surface area contributed by atoms with Crippen LogP contribution < -0.4 is 0 Å². The molecule has 22 heavy (non-hydrogen) atoms. The van der Waals surface area contributed by atoms with Gasteiger partial charge in [0.2, 0.25) is 0 Å². The first kappa shape index (κ1) is 14.6. The van der Waals surface area contributed by atoms with E-state index in [0.717, 1.165) is 38.4 Å². The minimum Gasteiger partial charge on any atom is -0.371 e. The van der Waals surface area contributed by atoms with Crippen molar-refractivity contribution in [3.8, 4) is 0 Å². The van der Waals surface area contributed by atoms with E-state index in [1.165, 1.54) is 30.7 Å². The average Bonchev–Trinajstić information content (AvgIpc) is 3.19. The van der Waals surface area contributed by atoms with Gasteiger partial charge in [0, 0.05) is 31.6 Å². The van der Waals surface area contributed by atoms with E-state index in [1.54, 1.807) is 5.51 Å². The number of piperidine rings is 1. The van der Waals surface area contributed by atoms with Gasteiger partial charge >= 0.3 is 0 Å². The van der Waals surface area contributed by atoms with Crippen LogP contribution >= 0.6 is 11.3 Å². The lowest BCUT2D eigenvalue weighted by Crippen LogP contribution is -2.58. The van der Waals surface area contributed by atoms with E-state index in [1.807, 2.05) is 10.3 Å². The van der Waals surface area contributed by atoms with E-state index in [-0.39, 0.29) is 11.5 Å². The number of morpholine rings is 1. The van der Waals surface area contributed by atoms with Crippen LogP contribution in [0.2, 0.25) is 0 Å². The topological polar surface area (TPSA) is 45.7 Å². The van der Waals surface area contributed by atoms with Gasteiger partial charge in [-0.3, -0.25) is 4.79 Å². The van der Waals surface area contributed by atoms with Crippen molar-refractivity contribution in [2.24, 2.45) is 5.92 Å². The fourth-order valence-corrected chi connectivity index (χ4v) is 4.14. The molecule has 1 saturated carbocycles. The Morgan fingerprint density at radius 1 is 1.36 bits per heavy atom. The molecule has 2 aliphatic heterocycles. The number of carbonyl (C=O) groups is 1. The molecular weight excluding hydrogens is 298 g/mol. The Morgan fingerprint density at radius 3 is 2.86 bits per heavy atom. The van der Waals surface area contributed by atoms with Crippen LogP contribution in [0, 0.1) is 5.92 Å². The maximum absolute atomic E-state index is 12.5. The van der Waals surface area contributed by atoms with Gasteiger partial charge in [0.1, 0.15) is 5.69 Å². The van der Waals surface area contributed by atoms with E-state index in [2.05, 4.69) is 9.88 Å². The third-order valence-corrected chi connectivity index (χ3v) is 5.75. The number of nitrogens with zero attached hydrogens (tertiary/aromatic N) is 3. The van der Waals surface area contributed by atoms with Crippen molar-refractivity contribution >= 4 is 17.2 Å². The number of thiazole rings is 1. The predicted molar refractivity (Wildman–Crippen MR) is 85.1 cm³/mol. The molecule has 5 nitrogen and oxygen atoms in total. The maximum Gasteiger partial charge on any atom is 0.273 e. The summed E-state index contributed by atoms with van der Waals surface area (Å²) in [7, 11) is 0. The molecule has 0 radical (unpaired) electrons. The molecule has 1 aromatic heterocycles. The Bertz CT molecular complexity index is 522. The first-order chi connectivity index (χ1) is 10.7. The Balaban J connectivity index is 1.37. The number of rotatable bonds is 3. The van der Waals surface area contributed by atoms with Crippen molar-refractivity contribution in [2.45, 2.75) is 31.3 Å². The fourth-order valence-electron chi connectivity index (χ4n) is 3.61. The molecule has 120 valence electrons. The third-order valence-electron chi connectivity index (χ3n) is 5.17. The summed E-state index contributed by atoms with van der Waals surface area (Å²) in [4.78, 5) is 21.2. The molecule has 0 atom stereocenters. The molecule has 1 aliphatic carbocycles. The molecule has 1 amide bonds. The summed E-state index contributed by atoms with van der Waals surface area (Å²) < 4.78 is 6.13. The zero-order valence-corrected chi connectivity index (χ0v) is 13.7. The molecule has 0 bridgehead atoms. The number of likely N-dealkylation sites (tertiary alicyclic amines) is 1. The van der Waals surface area contributed by atoms with Gasteiger partial charge in [0.25, 0.3) is 5.91 Å². The molecule has 4 rings (SSSR count). The highest BCUT2D eigenvalue weighted by Gasteiger charge is 2.41. The van der Waals surface area contributed by atoms with Crippen LogP contribution in [0.25, 0.3) is 0 Å². The van der Waals surface area contributed by atoms with E-state index in [9.17, 15) is 4.79 Å². The van der Waals surface area contributed by atoms with Crippen molar-refractivity contribution in [3.63, 3.8) is 0 Å². The molecule has 1 aromatic rings. The highest BCUT2D eigenvalue weighted by atomic mass is 32.1. The van der Waals surface area contributed by atoms with Crippen molar-refractivity contribution < 1.29 is 9.53 Å². The van der Waals surface area contributed by atoms with Crippen molar-refractivity contribution in [1.82, 2.24) is 14.8 Å².